The van der Waals surface area contributed by atoms with Gasteiger partial charge in [0.25, 0.3) is 0 Å². The lowest BCUT2D eigenvalue weighted by molar-refractivity contribution is 0.118. The summed E-state index contributed by atoms with van der Waals surface area (Å²) in [6, 6.07) is 0.536. The molecule has 1 aliphatic rings. The van der Waals surface area contributed by atoms with E-state index < -0.39 is 0 Å². The molecule has 3 heteroatoms. The van der Waals surface area contributed by atoms with Crippen molar-refractivity contribution in [3.8, 4) is 0 Å². The maximum absolute atomic E-state index is 5.85. The Balaban J connectivity index is 2.40. The van der Waals surface area contributed by atoms with Crippen molar-refractivity contribution in [2.45, 2.75) is 26.3 Å². The molecule has 0 aromatic rings. The van der Waals surface area contributed by atoms with Crippen LogP contribution in [0.25, 0.3) is 0 Å². The van der Waals surface area contributed by atoms with Crippen LogP contribution < -0.4 is 11.2 Å². The van der Waals surface area contributed by atoms with E-state index in [1.807, 2.05) is 5.01 Å². The van der Waals surface area contributed by atoms with E-state index in [0.29, 0.717) is 12.0 Å². The minimum absolute atomic E-state index is 0.536. The van der Waals surface area contributed by atoms with Crippen LogP contribution >= 0.6 is 0 Å². The normalized spacial score (nSPS) is 30.3. The van der Waals surface area contributed by atoms with E-state index >= 15 is 0 Å². The van der Waals surface area contributed by atoms with Crippen molar-refractivity contribution in [3.05, 3.63) is 0 Å². The summed E-state index contributed by atoms with van der Waals surface area (Å²) in [5, 5.41) is 5.34. The minimum Gasteiger partial charge on any atom is -0.314 e. The molecule has 1 rings (SSSR count). The SMILES string of the molecule is CC[C@H](C)[C@H]1CNCCN1N. The Hall–Kier alpha value is -0.120. The lowest BCUT2D eigenvalue weighted by atomic mass is 9.97. The number of nitrogens with one attached hydrogen (secondary N) is 1. The summed E-state index contributed by atoms with van der Waals surface area (Å²) in [5.41, 5.74) is 0. The molecule has 0 radical (unpaired) electrons. The van der Waals surface area contributed by atoms with Gasteiger partial charge in [-0.15, -0.1) is 0 Å². The van der Waals surface area contributed by atoms with Gasteiger partial charge < -0.3 is 5.32 Å². The molecule has 0 unspecified atom stereocenters. The van der Waals surface area contributed by atoms with Crippen molar-refractivity contribution in [1.82, 2.24) is 10.3 Å². The van der Waals surface area contributed by atoms with Gasteiger partial charge in [0.2, 0.25) is 0 Å². The Kier molecular flexibility index (Phi) is 3.30. The highest BCUT2D eigenvalue weighted by atomic mass is 15.4. The van der Waals surface area contributed by atoms with Crippen molar-refractivity contribution in [3.63, 3.8) is 0 Å². The fraction of sp³-hybridized carbons (Fsp3) is 1.00. The highest BCUT2D eigenvalue weighted by molar-refractivity contribution is 4.79. The zero-order valence-electron chi connectivity index (χ0n) is 7.51. The molecular weight excluding hydrogens is 138 g/mol. The second-order valence-corrected chi connectivity index (χ2v) is 3.39. The molecular formula is C8H19N3. The van der Waals surface area contributed by atoms with Gasteiger partial charge in [-0.3, -0.25) is 5.84 Å². The molecule has 0 aromatic heterocycles. The Morgan fingerprint density at radius 1 is 1.73 bits per heavy atom. The Labute approximate surface area is 68.9 Å². The first-order chi connectivity index (χ1) is 5.25. The third-order valence-corrected chi connectivity index (χ3v) is 2.63. The summed E-state index contributed by atoms with van der Waals surface area (Å²) in [7, 11) is 0. The predicted molar refractivity (Wildman–Crippen MR) is 47.0 cm³/mol. The highest BCUT2D eigenvalue weighted by Crippen LogP contribution is 2.12. The lowest BCUT2D eigenvalue weighted by Gasteiger charge is -2.36. The van der Waals surface area contributed by atoms with Gasteiger partial charge >= 0.3 is 0 Å². The standard InChI is InChI=1S/C8H19N3/c1-3-7(2)8-6-10-4-5-11(8)9/h7-8,10H,3-6,9H2,1-2H3/t7-,8+/m0/s1. The lowest BCUT2D eigenvalue weighted by Crippen LogP contribution is -2.56. The largest absolute Gasteiger partial charge is 0.314 e. The van der Waals surface area contributed by atoms with Gasteiger partial charge in [0, 0.05) is 25.7 Å². The number of rotatable bonds is 2. The van der Waals surface area contributed by atoms with Crippen LogP contribution in [-0.4, -0.2) is 30.7 Å². The van der Waals surface area contributed by atoms with E-state index in [1.165, 1.54) is 6.42 Å². The van der Waals surface area contributed by atoms with Gasteiger partial charge in [0.05, 0.1) is 0 Å². The Morgan fingerprint density at radius 2 is 2.45 bits per heavy atom. The van der Waals surface area contributed by atoms with Gasteiger partial charge in [-0.1, -0.05) is 20.3 Å². The summed E-state index contributed by atoms with van der Waals surface area (Å²) in [6.07, 6.45) is 1.21. The maximum atomic E-state index is 5.85. The minimum atomic E-state index is 0.536. The van der Waals surface area contributed by atoms with E-state index in [1.54, 1.807) is 0 Å². The van der Waals surface area contributed by atoms with Crippen LogP contribution in [0.1, 0.15) is 20.3 Å². The molecule has 3 nitrogen and oxygen atoms in total. The van der Waals surface area contributed by atoms with Crippen molar-refractivity contribution < 1.29 is 0 Å². The van der Waals surface area contributed by atoms with E-state index in [9.17, 15) is 0 Å². The molecule has 0 saturated carbocycles. The third-order valence-electron chi connectivity index (χ3n) is 2.63. The molecule has 0 amide bonds. The molecule has 11 heavy (non-hydrogen) atoms. The van der Waals surface area contributed by atoms with Crippen LogP contribution in [0.5, 0.6) is 0 Å². The van der Waals surface area contributed by atoms with E-state index in [2.05, 4.69) is 19.2 Å². The topological polar surface area (TPSA) is 41.3 Å². The molecule has 0 bridgehead atoms. The fourth-order valence-corrected chi connectivity index (χ4v) is 1.54. The molecule has 0 spiro atoms. The van der Waals surface area contributed by atoms with Crippen LogP contribution in [0, 0.1) is 5.92 Å². The van der Waals surface area contributed by atoms with Crippen molar-refractivity contribution in [2.75, 3.05) is 19.6 Å². The first-order valence-corrected chi connectivity index (χ1v) is 4.47. The quantitative estimate of drug-likeness (QED) is 0.562. The summed E-state index contributed by atoms with van der Waals surface area (Å²) in [5.74, 6) is 6.55. The number of hydrogen-bond donors (Lipinski definition) is 2. The Bertz CT molecular complexity index is 112. The number of nitrogens with two attached hydrogens (primary N) is 1. The molecule has 66 valence electrons. The average Bonchev–Trinajstić information content (AvgIpc) is 2.04. The van der Waals surface area contributed by atoms with Gasteiger partial charge in [-0.2, -0.15) is 0 Å². The fourth-order valence-electron chi connectivity index (χ4n) is 1.54. The molecule has 0 aromatic carbocycles. The van der Waals surface area contributed by atoms with E-state index in [0.717, 1.165) is 19.6 Å². The molecule has 1 heterocycles. The zero-order chi connectivity index (χ0) is 8.27. The summed E-state index contributed by atoms with van der Waals surface area (Å²) in [4.78, 5) is 0. The van der Waals surface area contributed by atoms with Crippen molar-refractivity contribution in [2.24, 2.45) is 11.8 Å². The van der Waals surface area contributed by atoms with Crippen molar-refractivity contribution in [1.29, 1.82) is 0 Å². The molecule has 1 aliphatic heterocycles. The zero-order valence-corrected chi connectivity index (χ0v) is 7.51. The average molecular weight is 157 g/mol. The maximum Gasteiger partial charge on any atom is 0.0391 e. The molecule has 1 saturated heterocycles. The van der Waals surface area contributed by atoms with Crippen molar-refractivity contribution >= 4 is 0 Å². The monoisotopic (exact) mass is 157 g/mol. The smallest absolute Gasteiger partial charge is 0.0391 e. The predicted octanol–water partition coefficient (Wildman–Crippen LogP) is 0.180. The van der Waals surface area contributed by atoms with Gasteiger partial charge in [0.15, 0.2) is 0 Å². The van der Waals surface area contributed by atoms with Crippen LogP contribution in [0.3, 0.4) is 0 Å². The van der Waals surface area contributed by atoms with E-state index in [4.69, 9.17) is 5.84 Å². The van der Waals surface area contributed by atoms with Crippen LogP contribution in [0.15, 0.2) is 0 Å². The molecule has 3 N–H and O–H groups in total. The molecule has 1 fully saturated rings. The van der Waals surface area contributed by atoms with Crippen LogP contribution in [0.2, 0.25) is 0 Å². The highest BCUT2D eigenvalue weighted by Gasteiger charge is 2.23. The first kappa shape index (κ1) is 8.97. The van der Waals surface area contributed by atoms with Gasteiger partial charge in [-0.25, -0.2) is 5.01 Å². The number of hydrogen-bond acceptors (Lipinski definition) is 3. The second-order valence-electron chi connectivity index (χ2n) is 3.39. The van der Waals surface area contributed by atoms with Gasteiger partial charge in [-0.05, 0) is 5.92 Å². The number of piperazine rings is 1. The first-order valence-electron chi connectivity index (χ1n) is 4.47. The summed E-state index contributed by atoms with van der Waals surface area (Å²) < 4.78 is 0. The number of nitrogens with zero attached hydrogens (tertiary/aromatic N) is 1. The molecule has 0 aliphatic carbocycles. The van der Waals surface area contributed by atoms with Gasteiger partial charge in [0.1, 0.15) is 0 Å². The summed E-state index contributed by atoms with van der Waals surface area (Å²) in [6.45, 7) is 7.54. The Morgan fingerprint density at radius 3 is 3.00 bits per heavy atom. The van der Waals surface area contributed by atoms with Crippen LogP contribution in [-0.2, 0) is 0 Å². The molecule has 2 atom stereocenters. The third kappa shape index (κ3) is 2.15. The number of hydrazine groups is 1. The van der Waals surface area contributed by atoms with Crippen LogP contribution in [0.4, 0.5) is 0 Å². The second kappa shape index (κ2) is 4.04. The van der Waals surface area contributed by atoms with E-state index in [-0.39, 0.29) is 0 Å². The summed E-state index contributed by atoms with van der Waals surface area (Å²) >= 11 is 0.